The molecule has 0 aromatic heterocycles. The molecule has 0 bridgehead atoms. The maximum atomic E-state index is 12.2. The lowest BCUT2D eigenvalue weighted by atomic mass is 10.0. The number of hydrogen-bond donors (Lipinski definition) is 4. The van der Waals surface area contributed by atoms with E-state index in [1.807, 2.05) is 55.5 Å². The van der Waals surface area contributed by atoms with E-state index in [2.05, 4.69) is 36.9 Å². The molecule has 8 heteroatoms. The highest BCUT2D eigenvalue weighted by Crippen LogP contribution is 2.20. The van der Waals surface area contributed by atoms with Crippen LogP contribution < -0.4 is 16.0 Å². The molecule has 2 aromatic carbocycles. The molecule has 0 aliphatic rings. The summed E-state index contributed by atoms with van der Waals surface area (Å²) in [5.41, 5.74) is 2.88. The molecule has 2 aromatic rings. The Balaban J connectivity index is 0.00000420. The molecule has 0 fully saturated rings. The highest BCUT2D eigenvalue weighted by Gasteiger charge is 2.11. The number of nitrogens with zero attached hydrogens (tertiary/aromatic N) is 1. The minimum Gasteiger partial charge on any atom is -0.396 e. The van der Waals surface area contributed by atoms with Crippen LogP contribution in [0.2, 0.25) is 0 Å². The largest absolute Gasteiger partial charge is 0.396 e. The number of aliphatic imine (C=N–C) groups is 1. The maximum Gasteiger partial charge on any atom is 0.226 e. The summed E-state index contributed by atoms with van der Waals surface area (Å²) in [4.78, 5) is 16.4. The Morgan fingerprint density at radius 2 is 1.90 bits per heavy atom. The van der Waals surface area contributed by atoms with E-state index < -0.39 is 0 Å². The fourth-order valence-electron chi connectivity index (χ4n) is 2.69. The lowest BCUT2D eigenvalue weighted by Crippen LogP contribution is -2.41. The predicted octanol–water partition coefficient (Wildman–Crippen LogP) is 3.65. The van der Waals surface area contributed by atoms with E-state index in [-0.39, 0.29) is 42.4 Å². The first kappa shape index (κ1) is 25.4. The van der Waals surface area contributed by atoms with Crippen LogP contribution in [0.3, 0.4) is 0 Å². The van der Waals surface area contributed by atoms with Crippen LogP contribution >= 0.6 is 39.9 Å². The fourth-order valence-corrected chi connectivity index (χ4v) is 3.05. The van der Waals surface area contributed by atoms with Crippen LogP contribution in [0.15, 0.2) is 58.0 Å². The Labute approximate surface area is 197 Å². The van der Waals surface area contributed by atoms with Gasteiger partial charge >= 0.3 is 0 Å². The molecule has 29 heavy (non-hydrogen) atoms. The molecule has 2 rings (SSSR count). The first-order valence-corrected chi connectivity index (χ1v) is 9.99. The second-order valence-electron chi connectivity index (χ2n) is 6.43. The number of rotatable bonds is 8. The highest BCUT2D eigenvalue weighted by atomic mass is 127. The topological polar surface area (TPSA) is 85.8 Å². The molecule has 0 saturated heterocycles. The van der Waals surface area contributed by atoms with E-state index in [1.165, 1.54) is 0 Å². The van der Waals surface area contributed by atoms with Crippen LogP contribution in [0.25, 0.3) is 0 Å². The Bertz CT molecular complexity index is 803. The number of aliphatic hydroxyl groups is 1. The molecule has 0 aliphatic heterocycles. The van der Waals surface area contributed by atoms with Crippen LogP contribution in [-0.2, 0) is 4.79 Å². The lowest BCUT2D eigenvalue weighted by molar-refractivity contribution is -0.116. The summed E-state index contributed by atoms with van der Waals surface area (Å²) in [6.45, 7) is 3.00. The SMILES string of the molecule is CN=C(NCCC(=O)Nc1cc(Br)ccc1C)NCC(CO)c1ccccc1.I. The van der Waals surface area contributed by atoms with Gasteiger partial charge in [0.2, 0.25) is 5.91 Å². The van der Waals surface area contributed by atoms with Crippen LogP contribution in [0, 0.1) is 6.92 Å². The molecule has 6 nitrogen and oxygen atoms in total. The van der Waals surface area contributed by atoms with Crippen molar-refractivity contribution < 1.29 is 9.90 Å². The van der Waals surface area contributed by atoms with Crippen molar-refractivity contribution in [2.24, 2.45) is 4.99 Å². The van der Waals surface area contributed by atoms with Gasteiger partial charge in [-0.25, -0.2) is 0 Å². The first-order chi connectivity index (χ1) is 13.5. The van der Waals surface area contributed by atoms with Crippen molar-refractivity contribution >= 4 is 57.5 Å². The van der Waals surface area contributed by atoms with Gasteiger partial charge in [-0.15, -0.1) is 24.0 Å². The summed E-state index contributed by atoms with van der Waals surface area (Å²) < 4.78 is 0.924. The average Bonchev–Trinajstić information content (AvgIpc) is 2.70. The smallest absolute Gasteiger partial charge is 0.226 e. The lowest BCUT2D eigenvalue weighted by Gasteiger charge is -2.18. The number of benzene rings is 2. The molecule has 0 radical (unpaired) electrons. The number of nitrogens with one attached hydrogen (secondary N) is 3. The summed E-state index contributed by atoms with van der Waals surface area (Å²) in [5, 5.41) is 18.9. The third-order valence-electron chi connectivity index (χ3n) is 4.35. The minimum atomic E-state index is -0.0679. The average molecular weight is 575 g/mol. The minimum absolute atomic E-state index is 0. The number of amides is 1. The highest BCUT2D eigenvalue weighted by molar-refractivity contribution is 14.0. The van der Waals surface area contributed by atoms with Crippen molar-refractivity contribution in [3.05, 3.63) is 64.1 Å². The zero-order chi connectivity index (χ0) is 20.4. The van der Waals surface area contributed by atoms with Crippen LogP contribution in [0.1, 0.15) is 23.5 Å². The summed E-state index contributed by atoms with van der Waals surface area (Å²) in [6, 6.07) is 15.6. The molecule has 0 saturated carbocycles. The molecule has 4 N–H and O–H groups in total. The molecular weight excluding hydrogens is 547 g/mol. The van der Waals surface area contributed by atoms with Gasteiger partial charge in [0.15, 0.2) is 5.96 Å². The number of carbonyl (C=O) groups is 1. The van der Waals surface area contributed by atoms with Gasteiger partial charge in [-0.1, -0.05) is 52.3 Å². The van der Waals surface area contributed by atoms with E-state index >= 15 is 0 Å². The van der Waals surface area contributed by atoms with Crippen molar-refractivity contribution in [1.82, 2.24) is 10.6 Å². The molecule has 1 atom stereocenters. The van der Waals surface area contributed by atoms with Gasteiger partial charge in [-0.2, -0.15) is 0 Å². The molecule has 0 aliphatic carbocycles. The summed E-state index contributed by atoms with van der Waals surface area (Å²) in [6.07, 6.45) is 0.314. The molecule has 1 unspecified atom stereocenters. The summed E-state index contributed by atoms with van der Waals surface area (Å²) in [7, 11) is 1.68. The zero-order valence-corrected chi connectivity index (χ0v) is 20.5. The molecular formula is C21H28BrIN4O2. The maximum absolute atomic E-state index is 12.2. The van der Waals surface area contributed by atoms with E-state index in [4.69, 9.17) is 0 Å². The van der Waals surface area contributed by atoms with Gasteiger partial charge < -0.3 is 21.1 Å². The van der Waals surface area contributed by atoms with E-state index in [0.29, 0.717) is 25.5 Å². The number of guanidine groups is 1. The van der Waals surface area contributed by atoms with Crippen molar-refractivity contribution in [2.75, 3.05) is 32.1 Å². The van der Waals surface area contributed by atoms with Crippen LogP contribution in [-0.4, -0.2) is 43.7 Å². The van der Waals surface area contributed by atoms with E-state index in [0.717, 1.165) is 21.3 Å². The normalized spacial score (nSPS) is 11.9. The number of hydrogen-bond acceptors (Lipinski definition) is 3. The Morgan fingerprint density at radius 1 is 1.17 bits per heavy atom. The van der Waals surface area contributed by atoms with Gasteiger partial charge in [0.25, 0.3) is 0 Å². The van der Waals surface area contributed by atoms with Gasteiger partial charge in [0.05, 0.1) is 6.61 Å². The number of carbonyl (C=O) groups excluding carboxylic acids is 1. The van der Waals surface area contributed by atoms with Gasteiger partial charge in [0.1, 0.15) is 0 Å². The second-order valence-corrected chi connectivity index (χ2v) is 7.34. The van der Waals surface area contributed by atoms with Crippen LogP contribution in [0.4, 0.5) is 5.69 Å². The van der Waals surface area contributed by atoms with Gasteiger partial charge in [-0.3, -0.25) is 9.79 Å². The Hall–Kier alpha value is -1.65. The van der Waals surface area contributed by atoms with Crippen molar-refractivity contribution in [3.8, 4) is 0 Å². The quantitative estimate of drug-likeness (QED) is 0.220. The van der Waals surface area contributed by atoms with E-state index in [1.54, 1.807) is 7.05 Å². The first-order valence-electron chi connectivity index (χ1n) is 9.19. The van der Waals surface area contributed by atoms with Crippen LogP contribution in [0.5, 0.6) is 0 Å². The molecule has 0 heterocycles. The summed E-state index contributed by atoms with van der Waals surface area (Å²) in [5.74, 6) is 0.505. The Kier molecular flexibility index (Phi) is 11.9. The van der Waals surface area contributed by atoms with Crippen molar-refractivity contribution in [1.29, 1.82) is 0 Å². The second kappa shape index (κ2) is 13.6. The molecule has 0 spiro atoms. The molecule has 158 valence electrons. The number of aliphatic hydroxyl groups excluding tert-OH is 1. The van der Waals surface area contributed by atoms with Gasteiger partial charge in [-0.05, 0) is 30.2 Å². The van der Waals surface area contributed by atoms with Crippen molar-refractivity contribution in [2.45, 2.75) is 19.3 Å². The number of anilines is 1. The number of aryl methyl sites for hydroxylation is 1. The summed E-state index contributed by atoms with van der Waals surface area (Å²) >= 11 is 3.41. The van der Waals surface area contributed by atoms with Gasteiger partial charge in [0, 0.05) is 42.6 Å². The predicted molar refractivity (Wildman–Crippen MR) is 133 cm³/mol. The Morgan fingerprint density at radius 3 is 2.55 bits per heavy atom. The third-order valence-corrected chi connectivity index (χ3v) is 4.84. The zero-order valence-electron chi connectivity index (χ0n) is 16.6. The third kappa shape index (κ3) is 8.71. The fraction of sp³-hybridized carbons (Fsp3) is 0.333. The number of halogens is 2. The standard InChI is InChI=1S/C21H27BrN4O2.HI/c1-15-8-9-18(22)12-19(15)26-20(28)10-11-24-21(23-2)25-13-17(14-27)16-6-4-3-5-7-16;/h3-9,12,17,27H,10-11,13-14H2,1-2H3,(H,26,28)(H2,23,24,25);1H. The monoisotopic (exact) mass is 574 g/mol. The van der Waals surface area contributed by atoms with E-state index in [9.17, 15) is 9.90 Å². The molecule has 1 amide bonds. The van der Waals surface area contributed by atoms with Crippen molar-refractivity contribution in [3.63, 3.8) is 0 Å².